The summed E-state index contributed by atoms with van der Waals surface area (Å²) >= 11 is 0. The Morgan fingerprint density at radius 1 is 0.750 bits per heavy atom. The van der Waals surface area contributed by atoms with Gasteiger partial charge in [-0.25, -0.2) is 8.78 Å². The molecule has 5 rings (SSSR count). The molecule has 0 aromatic heterocycles. The van der Waals surface area contributed by atoms with Gasteiger partial charge >= 0.3 is 0 Å². The number of hydrogen-bond donors (Lipinski definition) is 1. The summed E-state index contributed by atoms with van der Waals surface area (Å²) in [4.78, 5) is 2.41. The zero-order chi connectivity index (χ0) is 19.3. The number of benzene rings is 3. The molecule has 3 aromatic carbocycles. The third-order valence-electron chi connectivity index (χ3n) is 6.14. The van der Waals surface area contributed by atoms with Crippen molar-refractivity contribution in [2.24, 2.45) is 0 Å². The Kier molecular flexibility index (Phi) is 4.08. The van der Waals surface area contributed by atoms with Crippen LogP contribution in [-0.4, -0.2) is 13.1 Å². The maximum absolute atomic E-state index is 13.9. The van der Waals surface area contributed by atoms with Crippen molar-refractivity contribution < 1.29 is 8.78 Å². The molecule has 0 amide bonds. The van der Waals surface area contributed by atoms with Gasteiger partial charge in [0.1, 0.15) is 11.6 Å². The molecule has 2 atom stereocenters. The number of anilines is 2. The molecule has 0 saturated heterocycles. The smallest absolute Gasteiger partial charge is 0.123 e. The van der Waals surface area contributed by atoms with Gasteiger partial charge < -0.3 is 10.6 Å². The highest BCUT2D eigenvalue weighted by atomic mass is 19.1. The Hall–Kier alpha value is -2.88. The number of rotatable bonds is 2. The van der Waals surface area contributed by atoms with E-state index in [2.05, 4.69) is 4.90 Å². The number of nitrogens with zero attached hydrogens (tertiary/aromatic N) is 1. The van der Waals surface area contributed by atoms with E-state index in [0.29, 0.717) is 5.69 Å². The van der Waals surface area contributed by atoms with Gasteiger partial charge in [0.15, 0.2) is 0 Å². The van der Waals surface area contributed by atoms with Crippen LogP contribution in [0, 0.1) is 11.6 Å². The first kappa shape index (κ1) is 17.2. The van der Waals surface area contributed by atoms with Gasteiger partial charge in [0.05, 0.1) is 0 Å². The average molecular weight is 376 g/mol. The second kappa shape index (κ2) is 6.62. The molecule has 28 heavy (non-hydrogen) atoms. The molecular weight excluding hydrogens is 354 g/mol. The van der Waals surface area contributed by atoms with Crippen LogP contribution in [0.5, 0.6) is 0 Å². The standard InChI is InChI=1S/C24H22F2N2/c25-17-5-1-3-15(11-17)20-7-9-28-10-8-21(16-4-2-6-18(26)12-16)23-14-19(27)13-22(20)24(23)28/h1-6,11-14,20-21H,7-10,27H2. The van der Waals surface area contributed by atoms with Crippen molar-refractivity contribution in [1.82, 2.24) is 0 Å². The lowest BCUT2D eigenvalue weighted by molar-refractivity contribution is 0.564. The Labute approximate surface area is 163 Å². The van der Waals surface area contributed by atoms with Gasteiger partial charge in [0.25, 0.3) is 0 Å². The minimum atomic E-state index is -0.213. The summed E-state index contributed by atoms with van der Waals surface area (Å²) in [6, 6.07) is 17.8. The van der Waals surface area contributed by atoms with Crippen LogP contribution in [-0.2, 0) is 0 Å². The lowest BCUT2D eigenvalue weighted by Crippen LogP contribution is -2.37. The fourth-order valence-corrected chi connectivity index (χ4v) is 4.96. The number of nitrogens with two attached hydrogens (primary N) is 1. The van der Waals surface area contributed by atoms with Crippen LogP contribution in [0.15, 0.2) is 60.7 Å². The fourth-order valence-electron chi connectivity index (χ4n) is 4.96. The highest BCUT2D eigenvalue weighted by Crippen LogP contribution is 2.49. The highest BCUT2D eigenvalue weighted by molar-refractivity contribution is 5.72. The molecule has 2 aliphatic heterocycles. The fraction of sp³-hybridized carbons (Fsp3) is 0.250. The van der Waals surface area contributed by atoms with Gasteiger partial charge in [0.2, 0.25) is 0 Å². The number of halogens is 2. The monoisotopic (exact) mass is 376 g/mol. The molecule has 2 heterocycles. The van der Waals surface area contributed by atoms with Crippen LogP contribution >= 0.6 is 0 Å². The van der Waals surface area contributed by atoms with Gasteiger partial charge in [-0.05, 0) is 71.5 Å². The summed E-state index contributed by atoms with van der Waals surface area (Å²) in [5.41, 5.74) is 12.5. The second-order valence-corrected chi connectivity index (χ2v) is 7.83. The van der Waals surface area contributed by atoms with Gasteiger partial charge in [-0.3, -0.25) is 0 Å². The topological polar surface area (TPSA) is 29.3 Å². The summed E-state index contributed by atoms with van der Waals surface area (Å²) < 4.78 is 27.7. The molecular formula is C24H22F2N2. The SMILES string of the molecule is Nc1cc2c3c(c1)C(c1cccc(F)c1)CCN3CCC2c1cccc(F)c1. The molecule has 142 valence electrons. The average Bonchev–Trinajstić information content (AvgIpc) is 2.68. The summed E-state index contributed by atoms with van der Waals surface area (Å²) in [5.74, 6) is -0.184. The van der Waals surface area contributed by atoms with Gasteiger partial charge in [-0.1, -0.05) is 24.3 Å². The Balaban J connectivity index is 1.67. The largest absolute Gasteiger partial charge is 0.399 e. The predicted octanol–water partition coefficient (Wildman–Crippen LogP) is 5.42. The van der Waals surface area contributed by atoms with Crippen LogP contribution in [0.2, 0.25) is 0 Å². The van der Waals surface area contributed by atoms with Gasteiger partial charge in [-0.15, -0.1) is 0 Å². The maximum atomic E-state index is 13.9. The molecule has 4 heteroatoms. The van der Waals surface area contributed by atoms with E-state index in [0.717, 1.165) is 48.2 Å². The Morgan fingerprint density at radius 3 is 1.71 bits per heavy atom. The molecule has 0 aliphatic carbocycles. The summed E-state index contributed by atoms with van der Waals surface area (Å²) in [5, 5.41) is 0. The van der Waals surface area contributed by atoms with Gasteiger partial charge in [0, 0.05) is 36.3 Å². The van der Waals surface area contributed by atoms with Crippen LogP contribution in [0.1, 0.15) is 46.9 Å². The van der Waals surface area contributed by atoms with Crippen LogP contribution in [0.3, 0.4) is 0 Å². The van der Waals surface area contributed by atoms with Crippen molar-refractivity contribution in [2.75, 3.05) is 23.7 Å². The van der Waals surface area contributed by atoms with Crippen molar-refractivity contribution in [3.63, 3.8) is 0 Å². The van der Waals surface area contributed by atoms with Crippen molar-refractivity contribution in [3.8, 4) is 0 Å². The summed E-state index contributed by atoms with van der Waals surface area (Å²) in [7, 11) is 0. The molecule has 0 radical (unpaired) electrons. The zero-order valence-electron chi connectivity index (χ0n) is 15.5. The van der Waals surface area contributed by atoms with E-state index in [-0.39, 0.29) is 23.5 Å². The van der Waals surface area contributed by atoms with E-state index in [9.17, 15) is 8.78 Å². The summed E-state index contributed by atoms with van der Waals surface area (Å²) in [6.45, 7) is 1.86. The summed E-state index contributed by atoms with van der Waals surface area (Å²) in [6.07, 6.45) is 1.87. The highest BCUT2D eigenvalue weighted by Gasteiger charge is 2.35. The first-order chi connectivity index (χ1) is 13.6. The molecule has 0 spiro atoms. The minimum absolute atomic E-state index is 0.121. The first-order valence-electron chi connectivity index (χ1n) is 9.79. The van der Waals surface area contributed by atoms with Crippen molar-refractivity contribution in [1.29, 1.82) is 0 Å². The lowest BCUT2D eigenvalue weighted by atomic mass is 9.76. The molecule has 0 fully saturated rings. The molecule has 0 bridgehead atoms. The van der Waals surface area contributed by atoms with E-state index in [1.54, 1.807) is 24.3 Å². The first-order valence-corrected chi connectivity index (χ1v) is 9.79. The van der Waals surface area contributed by atoms with E-state index < -0.39 is 0 Å². The lowest BCUT2D eigenvalue weighted by Gasteiger charge is -2.43. The van der Waals surface area contributed by atoms with Crippen LogP contribution < -0.4 is 10.6 Å². The number of nitrogen functional groups attached to an aromatic ring is 1. The molecule has 2 nitrogen and oxygen atoms in total. The second-order valence-electron chi connectivity index (χ2n) is 7.83. The van der Waals surface area contributed by atoms with Crippen LogP contribution in [0.4, 0.5) is 20.2 Å². The van der Waals surface area contributed by atoms with E-state index in [1.807, 2.05) is 24.3 Å². The predicted molar refractivity (Wildman–Crippen MR) is 109 cm³/mol. The molecule has 2 aliphatic rings. The van der Waals surface area contributed by atoms with Crippen molar-refractivity contribution >= 4 is 11.4 Å². The van der Waals surface area contributed by atoms with E-state index >= 15 is 0 Å². The van der Waals surface area contributed by atoms with Crippen molar-refractivity contribution in [2.45, 2.75) is 24.7 Å². The van der Waals surface area contributed by atoms with E-state index in [4.69, 9.17) is 5.73 Å². The Morgan fingerprint density at radius 2 is 1.25 bits per heavy atom. The Bertz CT molecular complexity index is 968. The van der Waals surface area contributed by atoms with Crippen molar-refractivity contribution in [3.05, 3.63) is 94.6 Å². The molecule has 3 aromatic rings. The third kappa shape index (κ3) is 2.84. The normalized spacial score (nSPS) is 20.7. The molecule has 0 saturated carbocycles. The molecule has 2 unspecified atom stereocenters. The zero-order valence-corrected chi connectivity index (χ0v) is 15.5. The van der Waals surface area contributed by atoms with Gasteiger partial charge in [-0.2, -0.15) is 0 Å². The third-order valence-corrected chi connectivity index (χ3v) is 6.14. The minimum Gasteiger partial charge on any atom is -0.399 e. The molecule has 2 N–H and O–H groups in total. The quantitative estimate of drug-likeness (QED) is 0.605. The van der Waals surface area contributed by atoms with Crippen LogP contribution in [0.25, 0.3) is 0 Å². The number of hydrogen-bond acceptors (Lipinski definition) is 2. The van der Waals surface area contributed by atoms with E-state index in [1.165, 1.54) is 17.8 Å². The maximum Gasteiger partial charge on any atom is 0.123 e.